The molecule has 0 unspecified atom stereocenters. The molecule has 2 aromatic carbocycles. The van der Waals surface area contributed by atoms with Crippen LogP contribution >= 0.6 is 0 Å². The van der Waals surface area contributed by atoms with Gasteiger partial charge in [0.1, 0.15) is 16.5 Å². The lowest BCUT2D eigenvalue weighted by molar-refractivity contribution is 0.173. The molecule has 2 rings (SSSR count). The molecule has 0 saturated heterocycles. The van der Waals surface area contributed by atoms with Gasteiger partial charge in [0.25, 0.3) is 0 Å². The number of hydrogen-bond donors (Lipinski definition) is 1. The molecule has 0 heterocycles. The number of amides is 2. The van der Waals surface area contributed by atoms with Crippen LogP contribution in [0.2, 0.25) is 0 Å². The van der Waals surface area contributed by atoms with Gasteiger partial charge in [0.05, 0.1) is 6.54 Å². The second kappa shape index (κ2) is 9.54. The molecule has 0 radical (unpaired) electrons. The Kier molecular flexibility index (Phi) is 7.39. The Hall–Kier alpha value is -2.61. The van der Waals surface area contributed by atoms with Crippen LogP contribution < -0.4 is 9.50 Å². The van der Waals surface area contributed by atoms with Crippen molar-refractivity contribution in [1.82, 2.24) is 10.2 Å². The van der Waals surface area contributed by atoms with Gasteiger partial charge in [0.15, 0.2) is 0 Å². The molecule has 0 bridgehead atoms. The Balaban J connectivity index is 2.31. The average Bonchev–Trinajstić information content (AvgIpc) is 2.67. The number of nitrogens with zero attached hydrogens (tertiary/aromatic N) is 1. The van der Waals surface area contributed by atoms with Crippen molar-refractivity contribution in [2.45, 2.75) is 44.7 Å². The van der Waals surface area contributed by atoms with Gasteiger partial charge in [0, 0.05) is 18.2 Å². The van der Waals surface area contributed by atoms with Crippen molar-refractivity contribution in [3.63, 3.8) is 0 Å². The maximum atomic E-state index is 13.1. The molecule has 28 heavy (non-hydrogen) atoms. The summed E-state index contributed by atoms with van der Waals surface area (Å²) in [4.78, 5) is 13.9. The van der Waals surface area contributed by atoms with Crippen molar-refractivity contribution >= 4 is 16.1 Å². The summed E-state index contributed by atoms with van der Waals surface area (Å²) < 4.78 is 43.5. The van der Waals surface area contributed by atoms with Crippen molar-refractivity contribution in [1.29, 1.82) is 0 Å². The average molecular weight is 408 g/mol. The van der Waals surface area contributed by atoms with Crippen molar-refractivity contribution < 1.29 is 21.8 Å². The molecule has 6 nitrogen and oxygen atoms in total. The van der Waals surface area contributed by atoms with E-state index in [2.05, 4.69) is 5.32 Å². The first kappa shape index (κ1) is 21.7. The van der Waals surface area contributed by atoms with Gasteiger partial charge in [-0.2, -0.15) is 8.42 Å². The van der Waals surface area contributed by atoms with Gasteiger partial charge in [-0.15, -0.1) is 0 Å². The third-order valence-electron chi connectivity index (χ3n) is 4.33. The maximum absolute atomic E-state index is 13.1. The van der Waals surface area contributed by atoms with E-state index in [4.69, 9.17) is 4.18 Å². The van der Waals surface area contributed by atoms with Crippen LogP contribution in [0.5, 0.6) is 5.75 Å². The monoisotopic (exact) mass is 408 g/mol. The van der Waals surface area contributed by atoms with E-state index in [0.29, 0.717) is 12.1 Å². The summed E-state index contributed by atoms with van der Waals surface area (Å²) in [6.45, 7) is 6.41. The highest BCUT2D eigenvalue weighted by atomic mass is 32.2. The molecule has 2 aromatic rings. The third kappa shape index (κ3) is 5.45. The van der Waals surface area contributed by atoms with Crippen molar-refractivity contribution in [2.24, 2.45) is 0 Å². The number of nitrogens with one attached hydrogen (secondary N) is 1. The maximum Gasteiger partial charge on any atom is 0.339 e. The molecule has 0 spiro atoms. The first-order chi connectivity index (χ1) is 13.3. The van der Waals surface area contributed by atoms with Crippen LogP contribution in [0.3, 0.4) is 0 Å². The van der Waals surface area contributed by atoms with Crippen LogP contribution in [0.1, 0.15) is 32.8 Å². The summed E-state index contributed by atoms with van der Waals surface area (Å²) in [6.07, 6.45) is 0.744. The van der Waals surface area contributed by atoms with E-state index >= 15 is 0 Å². The lowest BCUT2D eigenvalue weighted by atomic mass is 10.1. The van der Waals surface area contributed by atoms with Crippen LogP contribution in [0.4, 0.5) is 9.18 Å². The molecule has 0 aliphatic carbocycles. The number of carbonyl (C=O) groups is 1. The summed E-state index contributed by atoms with van der Waals surface area (Å²) in [5.41, 5.74) is 0.555. The molecule has 0 aliphatic heterocycles. The van der Waals surface area contributed by atoms with E-state index in [1.807, 2.05) is 20.8 Å². The van der Waals surface area contributed by atoms with E-state index in [9.17, 15) is 17.6 Å². The molecule has 1 atom stereocenters. The molecule has 0 saturated carbocycles. The van der Waals surface area contributed by atoms with Gasteiger partial charge in [-0.05, 0) is 50.6 Å². The third-order valence-corrected chi connectivity index (χ3v) is 5.58. The quantitative estimate of drug-likeness (QED) is 0.672. The Morgan fingerprint density at radius 3 is 2.39 bits per heavy atom. The Bertz CT molecular complexity index is 901. The number of para-hydroxylation sites is 1. The normalized spacial score (nSPS) is 12.3. The molecular formula is C20H25FN2O4S. The topological polar surface area (TPSA) is 75.7 Å². The Morgan fingerprint density at radius 2 is 1.79 bits per heavy atom. The van der Waals surface area contributed by atoms with Gasteiger partial charge in [0.2, 0.25) is 0 Å². The molecular weight excluding hydrogens is 383 g/mol. The number of urea groups is 1. The lowest BCUT2D eigenvalue weighted by Crippen LogP contribution is -2.44. The predicted molar refractivity (Wildman–Crippen MR) is 105 cm³/mol. The smallest absolute Gasteiger partial charge is 0.339 e. The van der Waals surface area contributed by atoms with Crippen LogP contribution in [0.25, 0.3) is 0 Å². The van der Waals surface area contributed by atoms with E-state index in [-0.39, 0.29) is 29.3 Å². The van der Waals surface area contributed by atoms with Crippen LogP contribution in [0.15, 0.2) is 53.4 Å². The summed E-state index contributed by atoms with van der Waals surface area (Å²) in [5.74, 6) is -0.407. The Morgan fingerprint density at radius 1 is 1.14 bits per heavy atom. The van der Waals surface area contributed by atoms with Gasteiger partial charge in [-0.25, -0.2) is 9.18 Å². The minimum atomic E-state index is -4.13. The fourth-order valence-electron chi connectivity index (χ4n) is 2.57. The molecule has 0 aliphatic rings. The van der Waals surface area contributed by atoms with Crippen molar-refractivity contribution in [3.05, 3.63) is 59.9 Å². The largest absolute Gasteiger partial charge is 0.379 e. The zero-order valence-electron chi connectivity index (χ0n) is 16.2. The molecule has 8 heteroatoms. The number of benzene rings is 2. The highest BCUT2D eigenvalue weighted by Crippen LogP contribution is 2.25. The highest BCUT2D eigenvalue weighted by Gasteiger charge is 2.23. The summed E-state index contributed by atoms with van der Waals surface area (Å²) in [7, 11) is -4.13. The van der Waals surface area contributed by atoms with E-state index in [1.165, 1.54) is 6.07 Å². The fourth-order valence-corrected chi connectivity index (χ4v) is 3.53. The minimum Gasteiger partial charge on any atom is -0.379 e. The van der Waals surface area contributed by atoms with Gasteiger partial charge >= 0.3 is 16.1 Å². The summed E-state index contributed by atoms with van der Waals surface area (Å²) >= 11 is 0. The van der Waals surface area contributed by atoms with Crippen LogP contribution in [0, 0.1) is 5.82 Å². The second-order valence-corrected chi connectivity index (χ2v) is 7.87. The van der Waals surface area contributed by atoms with E-state index in [0.717, 1.165) is 30.7 Å². The Labute approximate surface area is 165 Å². The first-order valence-electron chi connectivity index (χ1n) is 9.11. The van der Waals surface area contributed by atoms with Crippen LogP contribution in [-0.2, 0) is 16.7 Å². The molecule has 152 valence electrons. The molecule has 0 aromatic heterocycles. The van der Waals surface area contributed by atoms with Gasteiger partial charge in [-0.3, -0.25) is 0 Å². The lowest BCUT2D eigenvalue weighted by Gasteiger charge is -2.29. The van der Waals surface area contributed by atoms with Crippen molar-refractivity contribution in [3.8, 4) is 5.75 Å². The molecule has 0 fully saturated rings. The summed E-state index contributed by atoms with van der Waals surface area (Å²) in [5, 5.41) is 2.77. The highest BCUT2D eigenvalue weighted by molar-refractivity contribution is 7.87. The standard InChI is InChI=1S/C20H25FN2O4S/c1-4-15(3)23(20(24)22-5-2)14-16-8-6-7-9-19(16)27-28(25,26)18-12-10-17(21)11-13-18/h6-13,15H,4-5,14H2,1-3H3,(H,22,24)/t15-/m1/s1. The van der Waals surface area contributed by atoms with Crippen LogP contribution in [-0.4, -0.2) is 31.9 Å². The molecule has 2 amide bonds. The van der Waals surface area contributed by atoms with E-state index in [1.54, 1.807) is 23.1 Å². The van der Waals surface area contributed by atoms with Crippen molar-refractivity contribution in [2.75, 3.05) is 6.54 Å². The zero-order chi connectivity index (χ0) is 20.7. The fraction of sp³-hybridized carbons (Fsp3) is 0.350. The summed E-state index contributed by atoms with van der Waals surface area (Å²) in [6, 6.07) is 10.8. The minimum absolute atomic E-state index is 0.0479. The first-order valence-corrected chi connectivity index (χ1v) is 10.5. The number of hydrogen-bond acceptors (Lipinski definition) is 4. The number of carbonyl (C=O) groups excluding carboxylic acids is 1. The van der Waals surface area contributed by atoms with Gasteiger partial charge in [-0.1, -0.05) is 25.1 Å². The number of rotatable bonds is 8. The SMILES string of the molecule is CCNC(=O)N(Cc1ccccc1OS(=O)(=O)c1ccc(F)cc1)[C@H](C)CC. The molecule has 1 N–H and O–H groups in total. The van der Waals surface area contributed by atoms with E-state index < -0.39 is 15.9 Å². The second-order valence-electron chi connectivity index (χ2n) is 6.32. The zero-order valence-corrected chi connectivity index (χ0v) is 17.0. The van der Waals surface area contributed by atoms with Gasteiger partial charge < -0.3 is 14.4 Å². The predicted octanol–water partition coefficient (Wildman–Crippen LogP) is 3.92. The number of halogens is 1.